The van der Waals surface area contributed by atoms with Crippen molar-refractivity contribution in [2.45, 2.75) is 5.41 Å². The summed E-state index contributed by atoms with van der Waals surface area (Å²) in [6.45, 7) is 0. The maximum atomic E-state index is 2.46. The molecule has 1 heteroatoms. The third-order valence-electron chi connectivity index (χ3n) is 12.1. The molecule has 10 aromatic rings. The minimum atomic E-state index is -0.467. The van der Waals surface area contributed by atoms with Gasteiger partial charge in [-0.3, -0.25) is 0 Å². The summed E-state index contributed by atoms with van der Waals surface area (Å²) in [5, 5.41) is 4.91. The van der Waals surface area contributed by atoms with Gasteiger partial charge in [-0.25, -0.2) is 0 Å². The van der Waals surface area contributed by atoms with Crippen LogP contribution in [0, 0.1) is 0 Å². The van der Waals surface area contributed by atoms with Crippen LogP contribution in [-0.4, -0.2) is 0 Å². The fourth-order valence-electron chi connectivity index (χ4n) is 9.62. The van der Waals surface area contributed by atoms with Crippen LogP contribution in [-0.2, 0) is 5.41 Å². The second-order valence-electron chi connectivity index (χ2n) is 15.2. The van der Waals surface area contributed by atoms with Crippen LogP contribution in [0.5, 0.6) is 0 Å². The maximum absolute atomic E-state index is 2.46. The summed E-state index contributed by atoms with van der Waals surface area (Å²) in [6.07, 6.45) is 0. The average molecular weight is 738 g/mol. The summed E-state index contributed by atoms with van der Waals surface area (Å²) in [7, 11) is 0. The molecule has 0 aromatic heterocycles. The van der Waals surface area contributed by atoms with E-state index in [0.29, 0.717) is 0 Å². The van der Waals surface area contributed by atoms with Gasteiger partial charge in [0.25, 0.3) is 0 Å². The second-order valence-corrected chi connectivity index (χ2v) is 15.2. The van der Waals surface area contributed by atoms with Gasteiger partial charge in [0.2, 0.25) is 0 Å². The molecule has 0 radical (unpaired) electrons. The quantitative estimate of drug-likeness (QED) is 0.147. The lowest BCUT2D eigenvalue weighted by Crippen LogP contribution is -2.28. The Labute approximate surface area is 339 Å². The monoisotopic (exact) mass is 737 g/mol. The van der Waals surface area contributed by atoms with Gasteiger partial charge in [0.1, 0.15) is 0 Å². The van der Waals surface area contributed by atoms with Gasteiger partial charge >= 0.3 is 0 Å². The lowest BCUT2D eigenvalue weighted by atomic mass is 9.68. The van der Waals surface area contributed by atoms with Crippen LogP contribution in [0.2, 0.25) is 0 Å². The van der Waals surface area contributed by atoms with E-state index in [1.807, 2.05) is 0 Å². The number of fused-ring (bicyclic) bond motifs is 6. The Morgan fingerprint density at radius 3 is 1.43 bits per heavy atom. The van der Waals surface area contributed by atoms with Crippen molar-refractivity contribution >= 4 is 38.6 Å². The lowest BCUT2D eigenvalue weighted by Gasteiger charge is -2.34. The minimum absolute atomic E-state index is 0.467. The highest BCUT2D eigenvalue weighted by molar-refractivity contribution is 6.14. The molecule has 0 aliphatic heterocycles. The van der Waals surface area contributed by atoms with Crippen molar-refractivity contribution in [3.05, 3.63) is 259 Å². The van der Waals surface area contributed by atoms with Crippen molar-refractivity contribution in [2.24, 2.45) is 0 Å². The summed E-state index contributed by atoms with van der Waals surface area (Å²) in [4.78, 5) is 2.46. The molecule has 0 heterocycles. The van der Waals surface area contributed by atoms with Gasteiger partial charge in [0, 0.05) is 16.8 Å². The van der Waals surface area contributed by atoms with Gasteiger partial charge in [-0.2, -0.15) is 0 Å². The molecule has 272 valence electrons. The Kier molecular flexibility index (Phi) is 8.12. The molecule has 0 fully saturated rings. The van der Waals surface area contributed by atoms with Crippen molar-refractivity contribution in [3.8, 4) is 33.4 Å². The fourth-order valence-corrected chi connectivity index (χ4v) is 9.62. The molecule has 58 heavy (non-hydrogen) atoms. The van der Waals surface area contributed by atoms with Crippen LogP contribution in [0.3, 0.4) is 0 Å². The molecule has 0 bridgehead atoms. The average Bonchev–Trinajstić information content (AvgIpc) is 3.61. The first-order chi connectivity index (χ1) is 28.8. The van der Waals surface area contributed by atoms with Crippen molar-refractivity contribution < 1.29 is 0 Å². The molecular formula is C57H39N. The molecule has 11 rings (SSSR count). The van der Waals surface area contributed by atoms with Crippen molar-refractivity contribution in [2.75, 3.05) is 4.90 Å². The van der Waals surface area contributed by atoms with Crippen LogP contribution in [0.25, 0.3) is 54.9 Å². The molecule has 0 amide bonds. The van der Waals surface area contributed by atoms with Crippen LogP contribution in [0.1, 0.15) is 22.3 Å². The first-order valence-corrected chi connectivity index (χ1v) is 20.1. The van der Waals surface area contributed by atoms with Crippen LogP contribution in [0.4, 0.5) is 17.1 Å². The van der Waals surface area contributed by atoms with E-state index in [9.17, 15) is 0 Å². The van der Waals surface area contributed by atoms with Crippen molar-refractivity contribution in [1.82, 2.24) is 0 Å². The predicted molar refractivity (Wildman–Crippen MR) is 244 cm³/mol. The Hall–Kier alpha value is -7.48. The summed E-state index contributed by atoms with van der Waals surface area (Å²) in [6, 6.07) is 86.8. The number of rotatable bonds is 7. The number of anilines is 3. The van der Waals surface area contributed by atoms with E-state index in [4.69, 9.17) is 0 Å². The number of nitrogens with zero attached hydrogens (tertiary/aromatic N) is 1. The molecule has 0 N–H and O–H groups in total. The minimum Gasteiger partial charge on any atom is -0.310 e. The summed E-state index contributed by atoms with van der Waals surface area (Å²) < 4.78 is 0. The van der Waals surface area contributed by atoms with Crippen molar-refractivity contribution in [3.63, 3.8) is 0 Å². The smallest absolute Gasteiger partial charge is 0.0713 e. The van der Waals surface area contributed by atoms with Crippen molar-refractivity contribution in [1.29, 1.82) is 0 Å². The standard InChI is InChI=1S/C57H39N/c1-4-18-40(19-5-1)48-37-36-46(39-53(48)41-20-6-2-7-21-41)58(56-38-42-22-10-11-25-47(42)49-26-12-13-29-52(49)56)45-34-32-44(33-35-45)57(43-23-8-3-9-24-43)54-30-16-14-27-50(54)51-28-15-17-31-55(51)57/h1-39H. The van der Waals surface area contributed by atoms with E-state index >= 15 is 0 Å². The van der Waals surface area contributed by atoms with E-state index in [1.54, 1.807) is 0 Å². The molecule has 0 spiro atoms. The fraction of sp³-hybridized carbons (Fsp3) is 0.0175. The molecule has 0 unspecified atom stereocenters. The molecule has 0 saturated carbocycles. The summed E-state index contributed by atoms with van der Waals surface area (Å²) in [5.41, 5.74) is 15.4. The lowest BCUT2D eigenvalue weighted by molar-refractivity contribution is 0.768. The highest BCUT2D eigenvalue weighted by atomic mass is 15.1. The van der Waals surface area contributed by atoms with Crippen LogP contribution < -0.4 is 4.90 Å². The third-order valence-corrected chi connectivity index (χ3v) is 12.1. The Morgan fingerprint density at radius 2 is 0.776 bits per heavy atom. The molecule has 0 saturated heterocycles. The van der Waals surface area contributed by atoms with Crippen LogP contribution >= 0.6 is 0 Å². The normalized spacial score (nSPS) is 12.6. The van der Waals surface area contributed by atoms with E-state index in [1.165, 1.54) is 77.2 Å². The molecule has 10 aromatic carbocycles. The zero-order valence-electron chi connectivity index (χ0n) is 32.0. The summed E-state index contributed by atoms with van der Waals surface area (Å²) in [5.74, 6) is 0. The number of hydrogen-bond acceptors (Lipinski definition) is 1. The van der Waals surface area contributed by atoms with Gasteiger partial charge in [0.05, 0.1) is 11.1 Å². The second kappa shape index (κ2) is 13.9. The molecule has 1 aliphatic carbocycles. The van der Waals surface area contributed by atoms with Gasteiger partial charge in [0.15, 0.2) is 0 Å². The third kappa shape index (κ3) is 5.32. The predicted octanol–water partition coefficient (Wildman–Crippen LogP) is 15.2. The highest BCUT2D eigenvalue weighted by Gasteiger charge is 2.45. The number of benzene rings is 10. The SMILES string of the molecule is c1ccc(-c2ccc(N(c3ccc(C4(c5ccccc5)c5ccccc5-c5ccccc54)cc3)c3cc4ccccc4c4ccccc34)cc2-c2ccccc2)cc1. The van der Waals surface area contributed by atoms with Gasteiger partial charge in [-0.05, 0) is 102 Å². The zero-order valence-corrected chi connectivity index (χ0v) is 32.0. The Balaban J connectivity index is 1.17. The molecule has 1 aliphatic rings. The van der Waals surface area contributed by atoms with Crippen LogP contribution in [0.15, 0.2) is 237 Å². The van der Waals surface area contributed by atoms with E-state index in [0.717, 1.165) is 17.1 Å². The number of hydrogen-bond donors (Lipinski definition) is 0. The molecule has 1 nitrogen and oxygen atoms in total. The van der Waals surface area contributed by atoms with Gasteiger partial charge in [-0.15, -0.1) is 0 Å². The van der Waals surface area contributed by atoms with Gasteiger partial charge in [-0.1, -0.05) is 206 Å². The topological polar surface area (TPSA) is 3.24 Å². The largest absolute Gasteiger partial charge is 0.310 e. The first kappa shape index (κ1) is 33.8. The molecule has 0 atom stereocenters. The highest BCUT2D eigenvalue weighted by Crippen LogP contribution is 2.56. The Bertz CT molecular complexity index is 3050. The zero-order chi connectivity index (χ0) is 38.5. The Morgan fingerprint density at radius 1 is 0.293 bits per heavy atom. The van der Waals surface area contributed by atoms with Gasteiger partial charge < -0.3 is 4.90 Å². The first-order valence-electron chi connectivity index (χ1n) is 20.1. The maximum Gasteiger partial charge on any atom is 0.0713 e. The van der Waals surface area contributed by atoms with E-state index in [-0.39, 0.29) is 0 Å². The molecular weight excluding hydrogens is 699 g/mol. The van der Waals surface area contributed by atoms with E-state index < -0.39 is 5.41 Å². The van der Waals surface area contributed by atoms with E-state index in [2.05, 4.69) is 241 Å². The summed E-state index contributed by atoms with van der Waals surface area (Å²) >= 11 is 0.